The van der Waals surface area contributed by atoms with Crippen LogP contribution < -0.4 is 5.32 Å². The Morgan fingerprint density at radius 2 is 2.00 bits per heavy atom. The van der Waals surface area contributed by atoms with Crippen molar-refractivity contribution in [3.8, 4) is 0 Å². The SMILES string of the molecule is CCCN(CC)Cc1ccoc1CNC(C)(C)C. The molecule has 18 heavy (non-hydrogen) atoms. The van der Waals surface area contributed by atoms with Crippen molar-refractivity contribution >= 4 is 0 Å². The van der Waals surface area contributed by atoms with Gasteiger partial charge in [-0.2, -0.15) is 0 Å². The second-order valence-electron chi connectivity index (χ2n) is 5.84. The molecule has 0 aromatic carbocycles. The van der Waals surface area contributed by atoms with Crippen LogP contribution in [-0.2, 0) is 13.1 Å². The Bertz CT molecular complexity index is 339. The van der Waals surface area contributed by atoms with Crippen LogP contribution in [0.1, 0.15) is 52.4 Å². The molecule has 0 aliphatic rings. The summed E-state index contributed by atoms with van der Waals surface area (Å²) in [6, 6.07) is 2.10. The molecule has 0 aliphatic carbocycles. The molecule has 0 aliphatic heterocycles. The maximum absolute atomic E-state index is 5.59. The maximum Gasteiger partial charge on any atom is 0.122 e. The highest BCUT2D eigenvalue weighted by molar-refractivity contribution is 5.17. The number of nitrogens with zero attached hydrogens (tertiary/aromatic N) is 1. The van der Waals surface area contributed by atoms with Gasteiger partial charge in [-0.25, -0.2) is 0 Å². The third-order valence-corrected chi connectivity index (χ3v) is 3.00. The second kappa shape index (κ2) is 6.95. The Morgan fingerprint density at radius 3 is 2.56 bits per heavy atom. The molecule has 1 aromatic heterocycles. The number of furan rings is 1. The molecule has 1 aromatic rings. The number of rotatable bonds is 7. The lowest BCUT2D eigenvalue weighted by Gasteiger charge is -2.22. The van der Waals surface area contributed by atoms with Crippen molar-refractivity contribution in [1.82, 2.24) is 10.2 Å². The van der Waals surface area contributed by atoms with E-state index in [1.54, 1.807) is 6.26 Å². The van der Waals surface area contributed by atoms with Crippen molar-refractivity contribution in [2.45, 2.75) is 59.7 Å². The van der Waals surface area contributed by atoms with E-state index in [2.05, 4.69) is 50.9 Å². The molecule has 0 spiro atoms. The van der Waals surface area contributed by atoms with Crippen LogP contribution >= 0.6 is 0 Å². The molecular weight excluding hydrogens is 224 g/mol. The Balaban J connectivity index is 2.58. The molecule has 0 unspecified atom stereocenters. The standard InChI is InChI=1S/C15H28N2O/c1-6-9-17(7-2)12-13-8-10-18-14(13)11-16-15(3,4)5/h8,10,16H,6-7,9,11-12H2,1-5H3. The molecule has 3 heteroatoms. The van der Waals surface area contributed by atoms with Crippen molar-refractivity contribution < 1.29 is 4.42 Å². The van der Waals surface area contributed by atoms with Crippen molar-refractivity contribution in [2.75, 3.05) is 13.1 Å². The summed E-state index contributed by atoms with van der Waals surface area (Å²) in [5.74, 6) is 1.07. The highest BCUT2D eigenvalue weighted by Crippen LogP contribution is 2.14. The molecule has 0 fully saturated rings. The van der Waals surface area contributed by atoms with E-state index in [9.17, 15) is 0 Å². The summed E-state index contributed by atoms with van der Waals surface area (Å²) in [4.78, 5) is 2.45. The fourth-order valence-corrected chi connectivity index (χ4v) is 1.91. The minimum Gasteiger partial charge on any atom is -0.468 e. The van der Waals surface area contributed by atoms with Crippen LogP contribution in [0.25, 0.3) is 0 Å². The minimum atomic E-state index is 0.123. The van der Waals surface area contributed by atoms with Gasteiger partial charge in [0.05, 0.1) is 12.8 Å². The van der Waals surface area contributed by atoms with Gasteiger partial charge in [0.2, 0.25) is 0 Å². The number of hydrogen-bond acceptors (Lipinski definition) is 3. The third kappa shape index (κ3) is 5.23. The quantitative estimate of drug-likeness (QED) is 0.806. The van der Waals surface area contributed by atoms with Gasteiger partial charge in [0.25, 0.3) is 0 Å². The molecule has 0 radical (unpaired) electrons. The lowest BCUT2D eigenvalue weighted by molar-refractivity contribution is 0.276. The lowest BCUT2D eigenvalue weighted by Crippen LogP contribution is -2.35. The molecule has 1 heterocycles. The Morgan fingerprint density at radius 1 is 1.28 bits per heavy atom. The van der Waals surface area contributed by atoms with Gasteiger partial charge in [0.15, 0.2) is 0 Å². The third-order valence-electron chi connectivity index (χ3n) is 3.00. The van der Waals surface area contributed by atoms with Gasteiger partial charge in [-0.3, -0.25) is 4.90 Å². The minimum absolute atomic E-state index is 0.123. The Labute approximate surface area is 112 Å². The normalized spacial score (nSPS) is 12.3. The average Bonchev–Trinajstić information content (AvgIpc) is 2.72. The number of nitrogens with one attached hydrogen (secondary N) is 1. The molecule has 0 saturated carbocycles. The summed E-state index contributed by atoms with van der Waals surface area (Å²) in [5, 5.41) is 3.48. The highest BCUT2D eigenvalue weighted by Gasteiger charge is 2.13. The van der Waals surface area contributed by atoms with E-state index >= 15 is 0 Å². The van der Waals surface area contributed by atoms with Gasteiger partial charge in [-0.05, 0) is 46.3 Å². The zero-order valence-corrected chi connectivity index (χ0v) is 12.5. The van der Waals surface area contributed by atoms with Gasteiger partial charge < -0.3 is 9.73 Å². The van der Waals surface area contributed by atoms with Crippen molar-refractivity contribution in [3.05, 3.63) is 23.7 Å². The largest absolute Gasteiger partial charge is 0.468 e. The van der Waals surface area contributed by atoms with E-state index < -0.39 is 0 Å². The number of hydrogen-bond donors (Lipinski definition) is 1. The van der Waals surface area contributed by atoms with Crippen molar-refractivity contribution in [1.29, 1.82) is 0 Å². The summed E-state index contributed by atoms with van der Waals surface area (Å²) in [5.41, 5.74) is 1.43. The van der Waals surface area contributed by atoms with E-state index in [4.69, 9.17) is 4.42 Å². The van der Waals surface area contributed by atoms with E-state index in [-0.39, 0.29) is 5.54 Å². The summed E-state index contributed by atoms with van der Waals surface area (Å²) in [6.07, 6.45) is 3.00. The molecule has 0 atom stereocenters. The Kier molecular flexibility index (Phi) is 5.89. The Hall–Kier alpha value is -0.800. The smallest absolute Gasteiger partial charge is 0.122 e. The van der Waals surface area contributed by atoms with Gasteiger partial charge in [0.1, 0.15) is 5.76 Å². The summed E-state index contributed by atoms with van der Waals surface area (Å²) in [6.45, 7) is 15.0. The van der Waals surface area contributed by atoms with Gasteiger partial charge >= 0.3 is 0 Å². The van der Waals surface area contributed by atoms with Crippen LogP contribution in [0.5, 0.6) is 0 Å². The van der Waals surface area contributed by atoms with E-state index in [1.165, 1.54) is 12.0 Å². The molecule has 0 amide bonds. The van der Waals surface area contributed by atoms with Crippen LogP contribution in [0.2, 0.25) is 0 Å². The van der Waals surface area contributed by atoms with Crippen molar-refractivity contribution in [2.24, 2.45) is 0 Å². The van der Waals surface area contributed by atoms with Gasteiger partial charge in [-0.1, -0.05) is 13.8 Å². The lowest BCUT2D eigenvalue weighted by atomic mass is 10.1. The molecule has 0 bridgehead atoms. The second-order valence-corrected chi connectivity index (χ2v) is 5.84. The predicted molar refractivity (Wildman–Crippen MR) is 76.5 cm³/mol. The van der Waals surface area contributed by atoms with E-state index in [1.807, 2.05) is 0 Å². The van der Waals surface area contributed by atoms with Crippen LogP contribution in [0.4, 0.5) is 0 Å². The molecule has 1 N–H and O–H groups in total. The molecular formula is C15H28N2O. The fourth-order valence-electron chi connectivity index (χ4n) is 1.91. The van der Waals surface area contributed by atoms with Gasteiger partial charge in [0, 0.05) is 17.6 Å². The average molecular weight is 252 g/mol. The first kappa shape index (κ1) is 15.3. The first-order valence-corrected chi connectivity index (χ1v) is 6.99. The van der Waals surface area contributed by atoms with Crippen LogP contribution in [-0.4, -0.2) is 23.5 Å². The molecule has 1 rings (SSSR count). The van der Waals surface area contributed by atoms with Crippen LogP contribution in [0.3, 0.4) is 0 Å². The summed E-state index contributed by atoms with van der Waals surface area (Å²) >= 11 is 0. The highest BCUT2D eigenvalue weighted by atomic mass is 16.3. The summed E-state index contributed by atoms with van der Waals surface area (Å²) < 4.78 is 5.59. The topological polar surface area (TPSA) is 28.4 Å². The van der Waals surface area contributed by atoms with Crippen LogP contribution in [0, 0.1) is 0 Å². The van der Waals surface area contributed by atoms with Gasteiger partial charge in [-0.15, -0.1) is 0 Å². The monoisotopic (exact) mass is 252 g/mol. The summed E-state index contributed by atoms with van der Waals surface area (Å²) in [7, 11) is 0. The first-order valence-electron chi connectivity index (χ1n) is 6.99. The predicted octanol–water partition coefficient (Wildman–Crippen LogP) is 3.40. The maximum atomic E-state index is 5.59. The van der Waals surface area contributed by atoms with Crippen LogP contribution in [0.15, 0.2) is 16.7 Å². The molecule has 0 saturated heterocycles. The first-order chi connectivity index (χ1) is 8.46. The van der Waals surface area contributed by atoms with E-state index in [0.717, 1.165) is 31.9 Å². The zero-order valence-electron chi connectivity index (χ0n) is 12.5. The zero-order chi connectivity index (χ0) is 13.6. The fraction of sp³-hybridized carbons (Fsp3) is 0.733. The van der Waals surface area contributed by atoms with E-state index in [0.29, 0.717) is 0 Å². The van der Waals surface area contributed by atoms with Crippen molar-refractivity contribution in [3.63, 3.8) is 0 Å². The molecule has 3 nitrogen and oxygen atoms in total. The molecule has 104 valence electrons.